The van der Waals surface area contributed by atoms with Crippen LogP contribution in [-0.4, -0.2) is 23.9 Å². The summed E-state index contributed by atoms with van der Waals surface area (Å²) in [4.78, 5) is 0. The quantitative estimate of drug-likeness (QED) is 0.207. The zero-order valence-electron chi connectivity index (χ0n) is 11.0. The standard InChI is InChI=1S/C15H18BrIO2/c1-2-3-10-18-15(12-17)19-11-4-5-13-6-8-14(16)9-7-13/h6-9,15H,2-3,10-12H2,1H3. The average Bonchev–Trinajstić information content (AvgIpc) is 2.43. The SMILES string of the molecule is CCCCOC(CI)OCC#Cc1ccc(Br)cc1. The molecule has 0 saturated heterocycles. The molecule has 104 valence electrons. The van der Waals surface area contributed by atoms with Gasteiger partial charge in [0.2, 0.25) is 0 Å². The van der Waals surface area contributed by atoms with Crippen molar-refractivity contribution in [2.24, 2.45) is 0 Å². The third kappa shape index (κ3) is 7.93. The molecule has 0 saturated carbocycles. The van der Waals surface area contributed by atoms with Crippen LogP contribution in [0, 0.1) is 11.8 Å². The first-order valence-corrected chi connectivity index (χ1v) is 8.61. The third-order valence-corrected chi connectivity index (χ3v) is 3.59. The van der Waals surface area contributed by atoms with Crippen molar-refractivity contribution in [2.45, 2.75) is 26.1 Å². The molecule has 0 spiro atoms. The Morgan fingerprint density at radius 2 is 2.00 bits per heavy atom. The number of unbranched alkanes of at least 4 members (excludes halogenated alkanes) is 1. The minimum Gasteiger partial charge on any atom is -0.352 e. The summed E-state index contributed by atoms with van der Waals surface area (Å²) in [6, 6.07) is 7.91. The van der Waals surface area contributed by atoms with Crippen LogP contribution in [0.25, 0.3) is 0 Å². The van der Waals surface area contributed by atoms with Gasteiger partial charge in [-0.3, -0.25) is 0 Å². The Morgan fingerprint density at radius 3 is 2.63 bits per heavy atom. The maximum Gasteiger partial charge on any atom is 0.167 e. The van der Waals surface area contributed by atoms with Gasteiger partial charge in [0.25, 0.3) is 0 Å². The molecule has 0 aliphatic carbocycles. The van der Waals surface area contributed by atoms with E-state index in [0.29, 0.717) is 6.61 Å². The van der Waals surface area contributed by atoms with Crippen molar-refractivity contribution in [1.82, 2.24) is 0 Å². The Balaban J connectivity index is 2.30. The lowest BCUT2D eigenvalue weighted by atomic mass is 10.2. The molecule has 0 aliphatic rings. The topological polar surface area (TPSA) is 18.5 Å². The molecule has 0 radical (unpaired) electrons. The third-order valence-electron chi connectivity index (χ3n) is 2.35. The van der Waals surface area contributed by atoms with E-state index in [1.165, 1.54) is 0 Å². The molecule has 1 rings (SSSR count). The molecule has 1 atom stereocenters. The van der Waals surface area contributed by atoms with Crippen molar-refractivity contribution in [3.63, 3.8) is 0 Å². The molecule has 4 heteroatoms. The number of hydrogen-bond acceptors (Lipinski definition) is 2. The van der Waals surface area contributed by atoms with Gasteiger partial charge in [0.05, 0.1) is 4.43 Å². The second-order valence-electron chi connectivity index (χ2n) is 3.93. The molecule has 1 aromatic rings. The van der Waals surface area contributed by atoms with Crippen LogP contribution in [0.4, 0.5) is 0 Å². The highest BCUT2D eigenvalue weighted by Gasteiger charge is 2.05. The van der Waals surface area contributed by atoms with Gasteiger partial charge in [0.1, 0.15) is 6.61 Å². The van der Waals surface area contributed by atoms with E-state index in [9.17, 15) is 0 Å². The van der Waals surface area contributed by atoms with Crippen LogP contribution in [-0.2, 0) is 9.47 Å². The van der Waals surface area contributed by atoms with Gasteiger partial charge in [-0.25, -0.2) is 0 Å². The molecule has 0 fully saturated rings. The number of halogens is 2. The number of ether oxygens (including phenoxy) is 2. The molecule has 0 aromatic heterocycles. The predicted molar refractivity (Wildman–Crippen MR) is 90.5 cm³/mol. The molecule has 1 aromatic carbocycles. The number of benzene rings is 1. The largest absolute Gasteiger partial charge is 0.352 e. The smallest absolute Gasteiger partial charge is 0.167 e. The van der Waals surface area contributed by atoms with Crippen LogP contribution >= 0.6 is 38.5 Å². The lowest BCUT2D eigenvalue weighted by Crippen LogP contribution is -2.19. The summed E-state index contributed by atoms with van der Waals surface area (Å²) in [5, 5.41) is 0. The maximum atomic E-state index is 5.60. The van der Waals surface area contributed by atoms with E-state index < -0.39 is 0 Å². The van der Waals surface area contributed by atoms with Gasteiger partial charge in [-0.2, -0.15) is 0 Å². The van der Waals surface area contributed by atoms with Crippen molar-refractivity contribution in [2.75, 3.05) is 17.6 Å². The van der Waals surface area contributed by atoms with Crippen molar-refractivity contribution in [1.29, 1.82) is 0 Å². The first-order chi connectivity index (χ1) is 9.26. The molecule has 0 N–H and O–H groups in total. The molecular formula is C15H18BrIO2. The Kier molecular flexibility index (Phi) is 9.52. The van der Waals surface area contributed by atoms with E-state index in [2.05, 4.69) is 57.3 Å². The molecule has 1 unspecified atom stereocenters. The molecule has 19 heavy (non-hydrogen) atoms. The second kappa shape index (κ2) is 10.7. The summed E-state index contributed by atoms with van der Waals surface area (Å²) in [5.74, 6) is 6.07. The fourth-order valence-electron chi connectivity index (χ4n) is 1.30. The van der Waals surface area contributed by atoms with Crippen LogP contribution in [0.15, 0.2) is 28.7 Å². The van der Waals surface area contributed by atoms with E-state index in [1.54, 1.807) is 0 Å². The van der Waals surface area contributed by atoms with Gasteiger partial charge < -0.3 is 9.47 Å². The van der Waals surface area contributed by atoms with Gasteiger partial charge in [0.15, 0.2) is 6.29 Å². The Bertz CT molecular complexity index is 408. The first kappa shape index (κ1) is 17.0. The highest BCUT2D eigenvalue weighted by molar-refractivity contribution is 14.1. The lowest BCUT2D eigenvalue weighted by Gasteiger charge is -2.14. The van der Waals surface area contributed by atoms with Crippen LogP contribution in [0.1, 0.15) is 25.3 Å². The van der Waals surface area contributed by atoms with E-state index in [1.807, 2.05) is 24.3 Å². The number of rotatable bonds is 7. The van der Waals surface area contributed by atoms with Gasteiger partial charge in [0, 0.05) is 16.6 Å². The van der Waals surface area contributed by atoms with Crippen molar-refractivity contribution >= 4 is 38.5 Å². The van der Waals surface area contributed by atoms with Gasteiger partial charge in [-0.05, 0) is 30.7 Å². The molecule has 2 nitrogen and oxygen atoms in total. The van der Waals surface area contributed by atoms with Gasteiger partial charge >= 0.3 is 0 Å². The maximum absolute atomic E-state index is 5.60. The molecule has 0 heterocycles. The van der Waals surface area contributed by atoms with E-state index in [4.69, 9.17) is 9.47 Å². The lowest BCUT2D eigenvalue weighted by molar-refractivity contribution is -0.116. The highest BCUT2D eigenvalue weighted by Crippen LogP contribution is 2.09. The number of alkyl halides is 1. The minimum absolute atomic E-state index is 0.147. The Hall–Kier alpha value is -0.0900. The molecular weight excluding hydrogens is 419 g/mol. The summed E-state index contributed by atoms with van der Waals surface area (Å²) < 4.78 is 13.0. The number of hydrogen-bond donors (Lipinski definition) is 0. The summed E-state index contributed by atoms with van der Waals surface area (Å²) in [7, 11) is 0. The van der Waals surface area contributed by atoms with Crippen molar-refractivity contribution in [3.05, 3.63) is 34.3 Å². The average molecular weight is 437 g/mol. The van der Waals surface area contributed by atoms with Crippen molar-refractivity contribution in [3.8, 4) is 11.8 Å². The molecule has 0 amide bonds. The highest BCUT2D eigenvalue weighted by atomic mass is 127. The van der Waals surface area contributed by atoms with Crippen molar-refractivity contribution < 1.29 is 9.47 Å². The van der Waals surface area contributed by atoms with E-state index >= 15 is 0 Å². The van der Waals surface area contributed by atoms with Crippen LogP contribution in [0.5, 0.6) is 0 Å². The minimum atomic E-state index is -0.147. The summed E-state index contributed by atoms with van der Waals surface area (Å²) in [6.07, 6.45) is 2.06. The normalized spacial score (nSPS) is 11.7. The Morgan fingerprint density at radius 1 is 1.26 bits per heavy atom. The van der Waals surface area contributed by atoms with Crippen LogP contribution in [0.2, 0.25) is 0 Å². The summed E-state index contributed by atoms with van der Waals surface area (Å²) >= 11 is 5.66. The van der Waals surface area contributed by atoms with Gasteiger partial charge in [-0.15, -0.1) is 0 Å². The molecule has 0 bridgehead atoms. The monoisotopic (exact) mass is 436 g/mol. The first-order valence-electron chi connectivity index (χ1n) is 6.30. The summed E-state index contributed by atoms with van der Waals surface area (Å²) in [6.45, 7) is 3.30. The Labute approximate surface area is 137 Å². The van der Waals surface area contributed by atoms with Crippen LogP contribution < -0.4 is 0 Å². The zero-order chi connectivity index (χ0) is 13.9. The predicted octanol–water partition coefficient (Wildman–Crippen LogP) is 4.40. The second-order valence-corrected chi connectivity index (χ2v) is 5.72. The fraction of sp³-hybridized carbons (Fsp3) is 0.467. The fourth-order valence-corrected chi connectivity index (χ4v) is 2.08. The summed E-state index contributed by atoms with van der Waals surface area (Å²) in [5.41, 5.74) is 0.990. The molecule has 0 aliphatic heterocycles. The van der Waals surface area contributed by atoms with E-state index in [0.717, 1.165) is 33.9 Å². The van der Waals surface area contributed by atoms with Gasteiger partial charge in [-0.1, -0.05) is 63.7 Å². The van der Waals surface area contributed by atoms with E-state index in [-0.39, 0.29) is 6.29 Å². The van der Waals surface area contributed by atoms with Crippen LogP contribution in [0.3, 0.4) is 0 Å². The zero-order valence-corrected chi connectivity index (χ0v) is 14.7.